The van der Waals surface area contributed by atoms with Gasteiger partial charge >= 0.3 is 12.1 Å². The normalized spacial score (nSPS) is 30.5. The highest BCUT2D eigenvalue weighted by Gasteiger charge is 2.62. The molecule has 0 radical (unpaired) electrons. The van der Waals surface area contributed by atoms with Gasteiger partial charge in [-0.1, -0.05) is 6.08 Å². The molecule has 0 bridgehead atoms. The molecule has 0 aromatic heterocycles. The van der Waals surface area contributed by atoms with Crippen molar-refractivity contribution in [2.24, 2.45) is 5.92 Å². The minimum atomic E-state index is -1.14. The molecule has 1 saturated heterocycles. The van der Waals surface area contributed by atoms with Crippen LogP contribution in [-0.4, -0.2) is 64.4 Å². The third-order valence-corrected chi connectivity index (χ3v) is 4.49. The maximum Gasteiger partial charge on any atom is 0.411 e. The largest absolute Gasteiger partial charge is 0.464 e. The number of hydrogen-bond donors (Lipinski definition) is 2. The zero-order valence-electron chi connectivity index (χ0n) is 15.8. The number of β-amino-alcohol motifs (C(OH)–C–C–N with tert-alkyl or cyclic N) is 1. The quantitative estimate of drug-likeness (QED) is 0.554. The average molecular weight is 368 g/mol. The van der Waals surface area contributed by atoms with Gasteiger partial charge in [0.2, 0.25) is 5.91 Å². The first-order valence-corrected chi connectivity index (χ1v) is 8.83. The number of ether oxygens (including phenoxy) is 2. The molecule has 8 nitrogen and oxygen atoms in total. The Morgan fingerprint density at radius 3 is 2.54 bits per heavy atom. The molecule has 1 aliphatic heterocycles. The molecule has 1 saturated carbocycles. The maximum absolute atomic E-state index is 12.8. The first-order chi connectivity index (χ1) is 12.0. The fourth-order valence-electron chi connectivity index (χ4n) is 3.15. The van der Waals surface area contributed by atoms with E-state index in [1.807, 2.05) is 0 Å². The van der Waals surface area contributed by atoms with E-state index in [9.17, 15) is 19.5 Å². The van der Waals surface area contributed by atoms with Crippen molar-refractivity contribution in [1.29, 1.82) is 0 Å². The highest BCUT2D eigenvalue weighted by molar-refractivity contribution is 5.95. The third kappa shape index (κ3) is 4.17. The van der Waals surface area contributed by atoms with E-state index >= 15 is 0 Å². The van der Waals surface area contributed by atoms with Gasteiger partial charge in [0.05, 0.1) is 19.3 Å². The van der Waals surface area contributed by atoms with Crippen LogP contribution in [0.4, 0.5) is 4.79 Å². The number of esters is 1. The monoisotopic (exact) mass is 368 g/mol. The van der Waals surface area contributed by atoms with Crippen LogP contribution in [0.15, 0.2) is 12.7 Å². The fraction of sp³-hybridized carbons (Fsp3) is 0.722. The Labute approximate surface area is 153 Å². The van der Waals surface area contributed by atoms with Crippen molar-refractivity contribution in [3.05, 3.63) is 12.7 Å². The standard InChI is InChI=1S/C18H28N2O6/c1-6-11-9-18(11,15(23)25-7-2)19-14(22)13-8-12(21)10-20(13)16(24)26-17(3,4)5/h6,11-13,21H,1,7-10H2,2-5H3,(H,19,22)/t11?,12-,13?,18?/m1/s1. The molecule has 1 aliphatic carbocycles. The number of hydrogen-bond acceptors (Lipinski definition) is 6. The summed E-state index contributed by atoms with van der Waals surface area (Å²) >= 11 is 0. The van der Waals surface area contributed by atoms with Crippen LogP contribution in [0.5, 0.6) is 0 Å². The van der Waals surface area contributed by atoms with E-state index in [1.54, 1.807) is 33.8 Å². The summed E-state index contributed by atoms with van der Waals surface area (Å²) in [6, 6.07) is -0.905. The predicted octanol–water partition coefficient (Wildman–Crippen LogP) is 0.981. The van der Waals surface area contributed by atoms with Gasteiger partial charge in [0, 0.05) is 12.3 Å². The van der Waals surface area contributed by atoms with Crippen LogP contribution in [0, 0.1) is 5.92 Å². The molecule has 2 fully saturated rings. The summed E-state index contributed by atoms with van der Waals surface area (Å²) < 4.78 is 10.4. The lowest BCUT2D eigenvalue weighted by Gasteiger charge is -2.29. The zero-order chi connectivity index (χ0) is 19.7. The lowest BCUT2D eigenvalue weighted by molar-refractivity contribution is -0.149. The third-order valence-electron chi connectivity index (χ3n) is 4.49. The molecule has 1 heterocycles. The molecule has 2 N–H and O–H groups in total. The Bertz CT molecular complexity index is 599. The number of nitrogens with zero attached hydrogens (tertiary/aromatic N) is 1. The Kier molecular flexibility index (Phi) is 5.65. The van der Waals surface area contributed by atoms with E-state index in [2.05, 4.69) is 11.9 Å². The Morgan fingerprint density at radius 2 is 2.04 bits per heavy atom. The number of carbonyl (C=O) groups excluding carboxylic acids is 3. The molecule has 26 heavy (non-hydrogen) atoms. The summed E-state index contributed by atoms with van der Waals surface area (Å²) in [6.45, 7) is 10.7. The molecule has 146 valence electrons. The van der Waals surface area contributed by atoms with E-state index in [0.717, 1.165) is 0 Å². The second-order valence-electron chi connectivity index (χ2n) is 7.77. The summed E-state index contributed by atoms with van der Waals surface area (Å²) in [6.07, 6.45) is 0.597. The highest BCUT2D eigenvalue weighted by Crippen LogP contribution is 2.45. The number of amides is 2. The van der Waals surface area contributed by atoms with E-state index in [4.69, 9.17) is 9.47 Å². The van der Waals surface area contributed by atoms with Crippen molar-refractivity contribution in [3.8, 4) is 0 Å². The smallest absolute Gasteiger partial charge is 0.411 e. The average Bonchev–Trinajstić information content (AvgIpc) is 3.09. The molecule has 4 atom stereocenters. The summed E-state index contributed by atoms with van der Waals surface area (Å²) in [5.41, 5.74) is -1.86. The Morgan fingerprint density at radius 1 is 1.38 bits per heavy atom. The number of rotatable bonds is 5. The molecule has 3 unspecified atom stereocenters. The summed E-state index contributed by atoms with van der Waals surface area (Å²) in [5.74, 6) is -1.24. The highest BCUT2D eigenvalue weighted by atomic mass is 16.6. The van der Waals surface area contributed by atoms with Crippen LogP contribution in [0.1, 0.15) is 40.5 Å². The number of aliphatic hydroxyl groups is 1. The minimum absolute atomic E-state index is 0.00426. The van der Waals surface area contributed by atoms with Gasteiger partial charge in [-0.3, -0.25) is 9.69 Å². The fourth-order valence-corrected chi connectivity index (χ4v) is 3.15. The summed E-state index contributed by atoms with van der Waals surface area (Å²) in [7, 11) is 0. The molecule has 8 heteroatoms. The van der Waals surface area contributed by atoms with E-state index in [-0.39, 0.29) is 25.5 Å². The number of carbonyl (C=O) groups is 3. The molecule has 2 rings (SSSR count). The van der Waals surface area contributed by atoms with Gasteiger partial charge < -0.3 is 19.9 Å². The van der Waals surface area contributed by atoms with Crippen molar-refractivity contribution in [1.82, 2.24) is 10.2 Å². The molecular weight excluding hydrogens is 340 g/mol. The molecular formula is C18H28N2O6. The van der Waals surface area contributed by atoms with Crippen LogP contribution in [0.3, 0.4) is 0 Å². The lowest BCUT2D eigenvalue weighted by Crippen LogP contribution is -2.53. The Hall–Kier alpha value is -2.09. The SMILES string of the molecule is C=CC1CC1(NC(=O)C1C[C@@H](O)CN1C(=O)OC(C)(C)C)C(=O)OCC. The van der Waals surface area contributed by atoms with Crippen molar-refractivity contribution in [3.63, 3.8) is 0 Å². The maximum atomic E-state index is 12.8. The summed E-state index contributed by atoms with van der Waals surface area (Å²) in [5, 5.41) is 12.7. The van der Waals surface area contributed by atoms with Crippen molar-refractivity contribution in [2.75, 3.05) is 13.2 Å². The van der Waals surface area contributed by atoms with Crippen LogP contribution < -0.4 is 5.32 Å². The number of likely N-dealkylation sites (tertiary alicyclic amines) is 1. The van der Waals surface area contributed by atoms with Crippen LogP contribution in [0.2, 0.25) is 0 Å². The molecule has 2 aliphatic rings. The molecule has 0 aromatic rings. The number of nitrogens with one attached hydrogen (secondary N) is 1. The van der Waals surface area contributed by atoms with Gasteiger partial charge in [-0.15, -0.1) is 6.58 Å². The van der Waals surface area contributed by atoms with Gasteiger partial charge in [0.15, 0.2) is 0 Å². The van der Waals surface area contributed by atoms with E-state index < -0.39 is 41.3 Å². The summed E-state index contributed by atoms with van der Waals surface area (Å²) in [4.78, 5) is 38.6. The first-order valence-electron chi connectivity index (χ1n) is 8.83. The first kappa shape index (κ1) is 20.2. The topological polar surface area (TPSA) is 105 Å². The Balaban J connectivity index is 2.12. The van der Waals surface area contributed by atoms with Crippen LogP contribution in [0.25, 0.3) is 0 Å². The molecule has 0 spiro atoms. The second-order valence-corrected chi connectivity index (χ2v) is 7.77. The van der Waals surface area contributed by atoms with Crippen molar-refractivity contribution >= 4 is 18.0 Å². The second kappa shape index (κ2) is 7.26. The minimum Gasteiger partial charge on any atom is -0.464 e. The van der Waals surface area contributed by atoms with Crippen molar-refractivity contribution < 1.29 is 29.0 Å². The molecule has 0 aromatic carbocycles. The zero-order valence-corrected chi connectivity index (χ0v) is 15.8. The van der Waals surface area contributed by atoms with Crippen LogP contribution in [-0.2, 0) is 19.1 Å². The van der Waals surface area contributed by atoms with Crippen molar-refractivity contribution in [2.45, 2.75) is 63.8 Å². The van der Waals surface area contributed by atoms with E-state index in [0.29, 0.717) is 6.42 Å². The predicted molar refractivity (Wildman–Crippen MR) is 93.2 cm³/mol. The molecule has 2 amide bonds. The van der Waals surface area contributed by atoms with Gasteiger partial charge in [-0.25, -0.2) is 9.59 Å². The van der Waals surface area contributed by atoms with Gasteiger partial charge in [0.25, 0.3) is 0 Å². The van der Waals surface area contributed by atoms with Gasteiger partial charge in [-0.2, -0.15) is 0 Å². The lowest BCUT2D eigenvalue weighted by atomic mass is 10.1. The van der Waals surface area contributed by atoms with Gasteiger partial charge in [0.1, 0.15) is 17.2 Å². The van der Waals surface area contributed by atoms with Gasteiger partial charge in [-0.05, 0) is 34.1 Å². The van der Waals surface area contributed by atoms with E-state index in [1.165, 1.54) is 4.90 Å². The van der Waals surface area contributed by atoms with Crippen LogP contribution >= 0.6 is 0 Å². The number of aliphatic hydroxyl groups excluding tert-OH is 1.